The van der Waals surface area contributed by atoms with E-state index in [1.54, 1.807) is 0 Å². The van der Waals surface area contributed by atoms with Crippen molar-refractivity contribution in [1.29, 1.82) is 0 Å². The number of hydrogen-bond donors (Lipinski definition) is 1. The molecule has 0 fully saturated rings. The Hall–Kier alpha value is -1.94. The Morgan fingerprint density at radius 2 is 1.31 bits per heavy atom. The van der Waals surface area contributed by atoms with Crippen molar-refractivity contribution in [2.75, 3.05) is 0 Å². The van der Waals surface area contributed by atoms with Gasteiger partial charge in [-0.3, -0.25) is 0 Å². The molecule has 2 aromatic rings. The summed E-state index contributed by atoms with van der Waals surface area (Å²) in [5.41, 5.74) is 3.46. The van der Waals surface area contributed by atoms with Gasteiger partial charge in [0.1, 0.15) is 12.2 Å². The number of aliphatic hydroxyl groups is 1. The molecule has 0 amide bonds. The minimum atomic E-state index is -0.648. The van der Waals surface area contributed by atoms with Gasteiger partial charge in [-0.2, -0.15) is 0 Å². The van der Waals surface area contributed by atoms with Crippen molar-refractivity contribution in [3.63, 3.8) is 0 Å². The third-order valence-corrected chi connectivity index (χ3v) is 5.10. The smallest absolute Gasteiger partial charge is 0.114 e. The van der Waals surface area contributed by atoms with Crippen molar-refractivity contribution in [2.24, 2.45) is 5.92 Å². The number of ether oxygens (including phenoxy) is 2. The van der Waals surface area contributed by atoms with Crippen LogP contribution in [0, 0.1) is 5.92 Å². The first-order valence-electron chi connectivity index (χ1n) is 9.38. The summed E-state index contributed by atoms with van der Waals surface area (Å²) in [6.45, 7) is 5.27. The van der Waals surface area contributed by atoms with Crippen LogP contribution in [0.4, 0.5) is 0 Å². The number of benzene rings is 2. The van der Waals surface area contributed by atoms with Gasteiger partial charge in [0, 0.05) is 5.92 Å². The lowest BCUT2D eigenvalue weighted by Crippen LogP contribution is -2.47. The SMILES string of the molecule is CCC1=C[C@@H](O)[C@H](OCc2ccccc2)[C@@H](OCc2ccccc2)[C@@H]1C. The van der Waals surface area contributed by atoms with E-state index in [0.29, 0.717) is 13.2 Å². The van der Waals surface area contributed by atoms with Gasteiger partial charge in [0.2, 0.25) is 0 Å². The molecule has 0 aromatic heterocycles. The highest BCUT2D eigenvalue weighted by atomic mass is 16.5. The lowest BCUT2D eigenvalue weighted by molar-refractivity contribution is -0.140. The van der Waals surface area contributed by atoms with E-state index < -0.39 is 6.10 Å². The lowest BCUT2D eigenvalue weighted by Gasteiger charge is -2.39. The molecule has 0 unspecified atom stereocenters. The van der Waals surface area contributed by atoms with E-state index in [2.05, 4.69) is 26.0 Å². The zero-order valence-electron chi connectivity index (χ0n) is 15.5. The van der Waals surface area contributed by atoms with Gasteiger partial charge in [-0.15, -0.1) is 0 Å². The first kappa shape index (κ1) is 18.8. The molecule has 0 heterocycles. The summed E-state index contributed by atoms with van der Waals surface area (Å²) in [5, 5.41) is 10.7. The molecular formula is C23H28O3. The van der Waals surface area contributed by atoms with Gasteiger partial charge in [0.25, 0.3) is 0 Å². The molecule has 138 valence electrons. The predicted octanol–water partition coefficient (Wildman–Crippen LogP) is 4.50. The van der Waals surface area contributed by atoms with Gasteiger partial charge >= 0.3 is 0 Å². The highest BCUT2D eigenvalue weighted by molar-refractivity contribution is 5.19. The third-order valence-electron chi connectivity index (χ3n) is 5.10. The van der Waals surface area contributed by atoms with E-state index in [4.69, 9.17) is 9.47 Å². The molecule has 0 bridgehead atoms. The second kappa shape index (κ2) is 9.13. The van der Waals surface area contributed by atoms with Gasteiger partial charge < -0.3 is 14.6 Å². The largest absolute Gasteiger partial charge is 0.386 e. The Balaban J connectivity index is 1.72. The van der Waals surface area contributed by atoms with Gasteiger partial charge in [-0.25, -0.2) is 0 Å². The molecule has 1 aliphatic carbocycles. The normalized spacial score (nSPS) is 25.7. The molecular weight excluding hydrogens is 324 g/mol. The van der Waals surface area contributed by atoms with Crippen LogP contribution in [0.15, 0.2) is 72.3 Å². The molecule has 26 heavy (non-hydrogen) atoms. The summed E-state index contributed by atoms with van der Waals surface area (Å²) in [7, 11) is 0. The van der Waals surface area contributed by atoms with Crippen LogP contribution in [-0.4, -0.2) is 23.4 Å². The second-order valence-electron chi connectivity index (χ2n) is 6.90. The van der Waals surface area contributed by atoms with E-state index in [-0.39, 0.29) is 18.1 Å². The molecule has 4 atom stereocenters. The second-order valence-corrected chi connectivity index (χ2v) is 6.90. The molecule has 1 N–H and O–H groups in total. The minimum absolute atomic E-state index is 0.172. The van der Waals surface area contributed by atoms with Gasteiger partial charge in [-0.1, -0.05) is 86.2 Å². The first-order chi connectivity index (χ1) is 12.7. The summed E-state index contributed by atoms with van der Waals surface area (Å²) >= 11 is 0. The highest BCUT2D eigenvalue weighted by Crippen LogP contribution is 2.32. The Morgan fingerprint density at radius 1 is 0.808 bits per heavy atom. The van der Waals surface area contributed by atoms with Crippen LogP contribution < -0.4 is 0 Å². The molecule has 0 spiro atoms. The molecule has 0 radical (unpaired) electrons. The fraction of sp³-hybridized carbons (Fsp3) is 0.391. The van der Waals surface area contributed by atoms with Crippen molar-refractivity contribution in [2.45, 2.75) is 51.8 Å². The zero-order valence-corrected chi connectivity index (χ0v) is 15.5. The van der Waals surface area contributed by atoms with Crippen molar-refractivity contribution in [3.05, 3.63) is 83.4 Å². The van der Waals surface area contributed by atoms with Gasteiger partial charge in [-0.05, 0) is 17.5 Å². The lowest BCUT2D eigenvalue weighted by atomic mass is 9.82. The minimum Gasteiger partial charge on any atom is -0.386 e. The Kier molecular flexibility index (Phi) is 6.62. The van der Waals surface area contributed by atoms with E-state index in [1.165, 1.54) is 5.57 Å². The highest BCUT2D eigenvalue weighted by Gasteiger charge is 2.38. The van der Waals surface area contributed by atoms with Crippen LogP contribution in [0.25, 0.3) is 0 Å². The molecule has 0 saturated heterocycles. The number of aliphatic hydroxyl groups excluding tert-OH is 1. The Morgan fingerprint density at radius 3 is 1.81 bits per heavy atom. The maximum absolute atomic E-state index is 10.7. The van der Waals surface area contributed by atoms with E-state index >= 15 is 0 Å². The van der Waals surface area contributed by atoms with Crippen molar-refractivity contribution in [3.8, 4) is 0 Å². The summed E-state index contributed by atoms with van der Waals surface area (Å²) in [6, 6.07) is 20.2. The van der Waals surface area contributed by atoms with E-state index in [9.17, 15) is 5.11 Å². The number of rotatable bonds is 7. The van der Waals surface area contributed by atoms with Crippen molar-refractivity contribution < 1.29 is 14.6 Å². The summed E-state index contributed by atoms with van der Waals surface area (Å²) in [5.74, 6) is 0.216. The van der Waals surface area contributed by atoms with Crippen LogP contribution in [0.1, 0.15) is 31.4 Å². The van der Waals surface area contributed by atoms with Crippen LogP contribution in [-0.2, 0) is 22.7 Å². The van der Waals surface area contributed by atoms with E-state index in [0.717, 1.165) is 17.5 Å². The average Bonchev–Trinajstić information content (AvgIpc) is 2.69. The molecule has 3 nitrogen and oxygen atoms in total. The maximum Gasteiger partial charge on any atom is 0.114 e. The van der Waals surface area contributed by atoms with Crippen LogP contribution in [0.5, 0.6) is 0 Å². The predicted molar refractivity (Wildman–Crippen MR) is 104 cm³/mol. The maximum atomic E-state index is 10.7. The molecule has 0 saturated carbocycles. The molecule has 1 aliphatic rings. The molecule has 2 aromatic carbocycles. The van der Waals surface area contributed by atoms with Crippen molar-refractivity contribution in [1.82, 2.24) is 0 Å². The average molecular weight is 352 g/mol. The monoisotopic (exact) mass is 352 g/mol. The van der Waals surface area contributed by atoms with Gasteiger partial charge in [0.15, 0.2) is 0 Å². The molecule has 3 heteroatoms. The summed E-state index contributed by atoms with van der Waals surface area (Å²) in [4.78, 5) is 0. The topological polar surface area (TPSA) is 38.7 Å². The third kappa shape index (κ3) is 4.61. The quantitative estimate of drug-likeness (QED) is 0.746. The standard InChI is InChI=1S/C23H28O3/c1-3-20-14-21(24)23(26-16-19-12-8-5-9-13-19)22(17(20)2)25-15-18-10-6-4-7-11-18/h4-14,17,21-24H,3,15-16H2,1-2H3/t17-,21-,22+,23+/m1/s1. The van der Waals surface area contributed by atoms with Crippen LogP contribution >= 0.6 is 0 Å². The summed E-state index contributed by atoms with van der Waals surface area (Å²) in [6.07, 6.45) is 1.67. The van der Waals surface area contributed by atoms with Crippen LogP contribution in [0.2, 0.25) is 0 Å². The summed E-state index contributed by atoms with van der Waals surface area (Å²) < 4.78 is 12.4. The van der Waals surface area contributed by atoms with Gasteiger partial charge in [0.05, 0.1) is 19.3 Å². The molecule has 0 aliphatic heterocycles. The zero-order chi connectivity index (χ0) is 18.4. The fourth-order valence-electron chi connectivity index (χ4n) is 3.56. The van der Waals surface area contributed by atoms with E-state index in [1.807, 2.05) is 54.6 Å². The fourth-order valence-corrected chi connectivity index (χ4v) is 3.56. The van der Waals surface area contributed by atoms with Crippen LogP contribution in [0.3, 0.4) is 0 Å². The Labute approximate surface area is 156 Å². The Bertz CT molecular complexity index is 696. The number of hydrogen-bond acceptors (Lipinski definition) is 3. The molecule has 3 rings (SSSR count). The first-order valence-corrected chi connectivity index (χ1v) is 9.38. The van der Waals surface area contributed by atoms with Crippen molar-refractivity contribution >= 4 is 0 Å².